The van der Waals surface area contributed by atoms with E-state index in [4.69, 9.17) is 5.73 Å². The Labute approximate surface area is 120 Å². The lowest BCUT2D eigenvalue weighted by molar-refractivity contribution is -0.385. The molecule has 2 rings (SSSR count). The maximum Gasteiger partial charge on any atom is 0.344 e. The van der Waals surface area contributed by atoms with Crippen LogP contribution in [-0.4, -0.2) is 36.5 Å². The van der Waals surface area contributed by atoms with Crippen molar-refractivity contribution in [3.05, 3.63) is 33.9 Å². The third kappa shape index (κ3) is 2.78. The number of hydrogen-bond acceptors (Lipinski definition) is 6. The van der Waals surface area contributed by atoms with E-state index in [2.05, 4.69) is 4.74 Å². The summed E-state index contributed by atoms with van der Waals surface area (Å²) in [6, 6.07) is 3.65. The Morgan fingerprint density at radius 3 is 2.76 bits per heavy atom. The van der Waals surface area contributed by atoms with E-state index in [1.54, 1.807) is 4.90 Å². The van der Waals surface area contributed by atoms with Gasteiger partial charge in [-0.2, -0.15) is 0 Å². The molecule has 1 atom stereocenters. The average Bonchev–Trinajstić information content (AvgIpc) is 2.95. The maximum atomic E-state index is 11.7. The molecule has 2 N–H and O–H groups in total. The monoisotopic (exact) mass is 293 g/mol. The van der Waals surface area contributed by atoms with Gasteiger partial charge in [0.1, 0.15) is 11.6 Å². The first-order chi connectivity index (χ1) is 9.95. The van der Waals surface area contributed by atoms with E-state index in [1.807, 2.05) is 0 Å². The minimum atomic E-state index is -0.793. The number of methoxy groups -OCH3 is 1. The lowest BCUT2D eigenvalue weighted by Crippen LogP contribution is -2.40. The van der Waals surface area contributed by atoms with Gasteiger partial charge in [-0.3, -0.25) is 14.9 Å². The van der Waals surface area contributed by atoms with Crippen LogP contribution in [0.2, 0.25) is 0 Å². The molecular weight excluding hydrogens is 278 g/mol. The number of amides is 1. The topological polar surface area (TPSA) is 116 Å². The molecule has 1 amide bonds. The fourth-order valence-corrected chi connectivity index (χ4v) is 2.51. The van der Waals surface area contributed by atoms with Crippen LogP contribution in [-0.2, 0) is 9.53 Å². The van der Waals surface area contributed by atoms with E-state index in [9.17, 15) is 19.7 Å². The lowest BCUT2D eigenvalue weighted by Gasteiger charge is -2.24. The van der Waals surface area contributed by atoms with Crippen LogP contribution >= 0.6 is 0 Å². The van der Waals surface area contributed by atoms with E-state index in [-0.39, 0.29) is 11.3 Å². The molecule has 0 saturated carbocycles. The van der Waals surface area contributed by atoms with Gasteiger partial charge in [0.25, 0.3) is 5.69 Å². The molecule has 1 fully saturated rings. The first-order valence-corrected chi connectivity index (χ1v) is 6.38. The molecule has 21 heavy (non-hydrogen) atoms. The van der Waals surface area contributed by atoms with E-state index < -0.39 is 22.8 Å². The van der Waals surface area contributed by atoms with E-state index in [0.29, 0.717) is 18.7 Å². The Balaban J connectivity index is 2.44. The zero-order valence-corrected chi connectivity index (χ0v) is 11.4. The SMILES string of the molecule is COC(=O)c1cc(N2CCCC2C(N)=O)ccc1[N+](=O)[O-]. The summed E-state index contributed by atoms with van der Waals surface area (Å²) in [5.74, 6) is -1.25. The predicted molar refractivity (Wildman–Crippen MR) is 74.0 cm³/mol. The molecule has 8 heteroatoms. The van der Waals surface area contributed by atoms with E-state index >= 15 is 0 Å². The quantitative estimate of drug-likeness (QED) is 0.499. The highest BCUT2D eigenvalue weighted by atomic mass is 16.6. The molecule has 1 unspecified atom stereocenters. The molecule has 112 valence electrons. The number of hydrogen-bond donors (Lipinski definition) is 1. The third-order valence-electron chi connectivity index (χ3n) is 3.50. The van der Waals surface area contributed by atoms with Gasteiger partial charge in [-0.25, -0.2) is 4.79 Å². The van der Waals surface area contributed by atoms with Gasteiger partial charge in [0.15, 0.2) is 0 Å². The van der Waals surface area contributed by atoms with Gasteiger partial charge in [-0.05, 0) is 25.0 Å². The van der Waals surface area contributed by atoms with E-state index in [1.165, 1.54) is 18.2 Å². The van der Waals surface area contributed by atoms with Gasteiger partial charge in [0.05, 0.1) is 12.0 Å². The molecule has 0 radical (unpaired) electrons. The molecule has 1 aromatic carbocycles. The molecule has 1 aliphatic rings. The number of anilines is 1. The summed E-state index contributed by atoms with van der Waals surface area (Å²) in [6.07, 6.45) is 1.41. The first kappa shape index (κ1) is 14.8. The number of nitro benzene ring substituents is 1. The maximum absolute atomic E-state index is 11.7. The highest BCUT2D eigenvalue weighted by Gasteiger charge is 2.31. The highest BCUT2D eigenvalue weighted by Crippen LogP contribution is 2.30. The highest BCUT2D eigenvalue weighted by molar-refractivity contribution is 5.95. The number of nitro groups is 1. The smallest absolute Gasteiger partial charge is 0.344 e. The Morgan fingerprint density at radius 1 is 1.48 bits per heavy atom. The van der Waals surface area contributed by atoms with Crippen molar-refractivity contribution in [3.63, 3.8) is 0 Å². The van der Waals surface area contributed by atoms with Crippen molar-refractivity contribution in [2.75, 3.05) is 18.6 Å². The second kappa shape index (κ2) is 5.78. The Morgan fingerprint density at radius 2 is 2.19 bits per heavy atom. The van der Waals surface area contributed by atoms with Crippen LogP contribution in [0.4, 0.5) is 11.4 Å². The second-order valence-electron chi connectivity index (χ2n) is 4.70. The number of carbonyl (C=O) groups excluding carboxylic acids is 2. The minimum Gasteiger partial charge on any atom is -0.465 e. The van der Waals surface area contributed by atoms with Crippen LogP contribution in [0.3, 0.4) is 0 Å². The zero-order chi connectivity index (χ0) is 15.6. The Bertz CT molecular complexity index is 601. The molecule has 1 saturated heterocycles. The van der Waals surface area contributed by atoms with Crippen LogP contribution in [0.5, 0.6) is 0 Å². The Hall–Kier alpha value is -2.64. The van der Waals surface area contributed by atoms with Crippen molar-refractivity contribution in [2.45, 2.75) is 18.9 Å². The summed E-state index contributed by atoms with van der Waals surface area (Å²) in [4.78, 5) is 35.2. The molecule has 1 aliphatic heterocycles. The van der Waals surface area contributed by atoms with Gasteiger partial charge >= 0.3 is 5.97 Å². The van der Waals surface area contributed by atoms with E-state index in [0.717, 1.165) is 13.5 Å². The number of ether oxygens (including phenoxy) is 1. The normalized spacial score (nSPS) is 17.6. The number of nitrogens with two attached hydrogens (primary N) is 1. The van der Waals surface area contributed by atoms with Crippen molar-refractivity contribution in [2.24, 2.45) is 5.73 Å². The summed E-state index contributed by atoms with van der Waals surface area (Å²) in [5, 5.41) is 11.0. The van der Waals surface area contributed by atoms with Gasteiger partial charge < -0.3 is 15.4 Å². The predicted octanol–water partition coefficient (Wildman–Crippen LogP) is 0.836. The number of esters is 1. The molecule has 0 bridgehead atoms. The second-order valence-corrected chi connectivity index (χ2v) is 4.70. The van der Waals surface area contributed by atoms with Crippen LogP contribution in [0.15, 0.2) is 18.2 Å². The molecule has 0 spiro atoms. The lowest BCUT2D eigenvalue weighted by atomic mass is 10.1. The first-order valence-electron chi connectivity index (χ1n) is 6.38. The van der Waals surface area contributed by atoms with Gasteiger partial charge in [0.2, 0.25) is 5.91 Å². The fourth-order valence-electron chi connectivity index (χ4n) is 2.51. The van der Waals surface area contributed by atoms with Crippen molar-refractivity contribution < 1.29 is 19.2 Å². The average molecular weight is 293 g/mol. The zero-order valence-electron chi connectivity index (χ0n) is 11.4. The van der Waals surface area contributed by atoms with Crippen LogP contribution in [0.25, 0.3) is 0 Å². The summed E-state index contributed by atoms with van der Waals surface area (Å²) in [5.41, 5.74) is 5.41. The molecule has 0 aromatic heterocycles. The molecule has 0 aliphatic carbocycles. The summed E-state index contributed by atoms with van der Waals surface area (Å²) in [7, 11) is 1.15. The molecule has 8 nitrogen and oxygen atoms in total. The summed E-state index contributed by atoms with van der Waals surface area (Å²) >= 11 is 0. The van der Waals surface area contributed by atoms with Crippen molar-refractivity contribution in [1.29, 1.82) is 0 Å². The summed E-state index contributed by atoms with van der Waals surface area (Å²) in [6.45, 7) is 0.603. The van der Waals surface area contributed by atoms with Gasteiger partial charge in [0, 0.05) is 18.3 Å². The number of rotatable bonds is 4. The van der Waals surface area contributed by atoms with Crippen molar-refractivity contribution in [3.8, 4) is 0 Å². The molecule has 1 aromatic rings. The van der Waals surface area contributed by atoms with Crippen molar-refractivity contribution >= 4 is 23.3 Å². The van der Waals surface area contributed by atoms with Crippen molar-refractivity contribution in [1.82, 2.24) is 0 Å². The molecular formula is C13H15N3O5. The van der Waals surface area contributed by atoms with Gasteiger partial charge in [-0.1, -0.05) is 0 Å². The minimum absolute atomic E-state index is 0.143. The molecule has 1 heterocycles. The van der Waals surface area contributed by atoms with Gasteiger partial charge in [-0.15, -0.1) is 0 Å². The Kier molecular flexibility index (Phi) is 4.06. The number of carbonyl (C=O) groups is 2. The largest absolute Gasteiger partial charge is 0.465 e. The van der Waals surface area contributed by atoms with Crippen LogP contribution in [0.1, 0.15) is 23.2 Å². The fraction of sp³-hybridized carbons (Fsp3) is 0.385. The van der Waals surface area contributed by atoms with Crippen LogP contribution in [0, 0.1) is 10.1 Å². The standard InChI is InChI=1S/C13H15N3O5/c1-21-13(18)9-7-8(4-5-10(9)16(19)20)15-6-2-3-11(15)12(14)17/h4-5,7,11H,2-3,6H2,1H3,(H2,14,17). The summed E-state index contributed by atoms with van der Waals surface area (Å²) < 4.78 is 4.57. The number of primary amides is 1. The number of nitrogens with zero attached hydrogens (tertiary/aromatic N) is 2. The number of benzene rings is 1. The third-order valence-corrected chi connectivity index (χ3v) is 3.50. The van der Waals surface area contributed by atoms with Crippen LogP contribution < -0.4 is 10.6 Å².